The predicted octanol–water partition coefficient (Wildman–Crippen LogP) is 1.88. The first-order chi connectivity index (χ1) is 8.85. The second-order valence-electron chi connectivity index (χ2n) is 3.69. The standard InChI is InChI=1S/C13H14N4O/c1-18-12-5-2-4-11(10-14)13(12)15-7-9-17-8-3-6-16-17/h2-6,8,15H,7,9H2,1H3. The molecule has 0 saturated heterocycles. The zero-order chi connectivity index (χ0) is 12.8. The fourth-order valence-corrected chi connectivity index (χ4v) is 1.70. The SMILES string of the molecule is COc1cccc(C#N)c1NCCn1cccn1. The molecule has 0 atom stereocenters. The van der Waals surface area contributed by atoms with Gasteiger partial charge in [0.2, 0.25) is 0 Å². The Hall–Kier alpha value is -2.48. The highest BCUT2D eigenvalue weighted by molar-refractivity contribution is 5.66. The molecule has 18 heavy (non-hydrogen) atoms. The van der Waals surface area contributed by atoms with Crippen LogP contribution in [0.25, 0.3) is 0 Å². The van der Waals surface area contributed by atoms with Crippen molar-refractivity contribution in [1.82, 2.24) is 9.78 Å². The van der Waals surface area contributed by atoms with Crippen molar-refractivity contribution >= 4 is 5.69 Å². The maximum atomic E-state index is 9.06. The smallest absolute Gasteiger partial charge is 0.143 e. The van der Waals surface area contributed by atoms with Gasteiger partial charge < -0.3 is 10.1 Å². The van der Waals surface area contributed by atoms with Gasteiger partial charge in [-0.05, 0) is 18.2 Å². The minimum atomic E-state index is 0.579. The van der Waals surface area contributed by atoms with Crippen molar-refractivity contribution in [2.45, 2.75) is 6.54 Å². The van der Waals surface area contributed by atoms with Gasteiger partial charge in [-0.1, -0.05) is 6.07 Å². The van der Waals surface area contributed by atoms with Crippen molar-refractivity contribution in [3.8, 4) is 11.8 Å². The highest BCUT2D eigenvalue weighted by Crippen LogP contribution is 2.27. The zero-order valence-electron chi connectivity index (χ0n) is 10.1. The van der Waals surface area contributed by atoms with Gasteiger partial charge in [-0.3, -0.25) is 4.68 Å². The van der Waals surface area contributed by atoms with Crippen LogP contribution in [0.3, 0.4) is 0 Å². The van der Waals surface area contributed by atoms with Gasteiger partial charge in [-0.2, -0.15) is 10.4 Å². The summed E-state index contributed by atoms with van der Waals surface area (Å²) >= 11 is 0. The minimum Gasteiger partial charge on any atom is -0.495 e. The van der Waals surface area contributed by atoms with Crippen LogP contribution in [0.5, 0.6) is 5.75 Å². The molecule has 0 spiro atoms. The molecule has 0 fully saturated rings. The van der Waals surface area contributed by atoms with Crippen LogP contribution in [0, 0.1) is 11.3 Å². The van der Waals surface area contributed by atoms with Crippen LogP contribution in [-0.4, -0.2) is 23.4 Å². The first-order valence-electron chi connectivity index (χ1n) is 5.63. The number of benzene rings is 1. The molecule has 0 saturated carbocycles. The molecule has 0 aliphatic heterocycles. The van der Waals surface area contributed by atoms with Crippen LogP contribution in [0.2, 0.25) is 0 Å². The van der Waals surface area contributed by atoms with Gasteiger partial charge in [0.25, 0.3) is 0 Å². The third-order valence-electron chi connectivity index (χ3n) is 2.57. The lowest BCUT2D eigenvalue weighted by molar-refractivity contribution is 0.416. The highest BCUT2D eigenvalue weighted by atomic mass is 16.5. The van der Waals surface area contributed by atoms with Crippen molar-refractivity contribution in [3.63, 3.8) is 0 Å². The van der Waals surface area contributed by atoms with E-state index in [1.807, 2.05) is 23.0 Å². The van der Waals surface area contributed by atoms with Crippen molar-refractivity contribution in [1.29, 1.82) is 5.26 Å². The Morgan fingerprint density at radius 2 is 2.33 bits per heavy atom. The zero-order valence-corrected chi connectivity index (χ0v) is 10.1. The van der Waals surface area contributed by atoms with Crippen LogP contribution in [0.4, 0.5) is 5.69 Å². The summed E-state index contributed by atoms with van der Waals surface area (Å²) in [6.45, 7) is 1.41. The lowest BCUT2D eigenvalue weighted by Crippen LogP contribution is -2.12. The quantitative estimate of drug-likeness (QED) is 0.869. The second-order valence-corrected chi connectivity index (χ2v) is 3.69. The Kier molecular flexibility index (Phi) is 3.82. The molecule has 1 aromatic heterocycles. The largest absolute Gasteiger partial charge is 0.495 e. The van der Waals surface area contributed by atoms with Crippen LogP contribution in [-0.2, 0) is 6.54 Å². The van der Waals surface area contributed by atoms with Crippen LogP contribution < -0.4 is 10.1 Å². The molecule has 92 valence electrons. The van der Waals surface area contributed by atoms with Crippen LogP contribution in [0.15, 0.2) is 36.7 Å². The third-order valence-corrected chi connectivity index (χ3v) is 2.57. The van der Waals surface area contributed by atoms with E-state index in [1.165, 1.54) is 0 Å². The van der Waals surface area contributed by atoms with E-state index in [0.717, 1.165) is 12.2 Å². The lowest BCUT2D eigenvalue weighted by Gasteiger charge is -2.12. The van der Waals surface area contributed by atoms with E-state index in [4.69, 9.17) is 10.00 Å². The van der Waals surface area contributed by atoms with Crippen molar-refractivity contribution in [2.24, 2.45) is 0 Å². The number of anilines is 1. The predicted molar refractivity (Wildman–Crippen MR) is 68.4 cm³/mol. The Balaban J connectivity index is 2.06. The van der Waals surface area contributed by atoms with Gasteiger partial charge in [0.15, 0.2) is 0 Å². The summed E-state index contributed by atoms with van der Waals surface area (Å²) in [4.78, 5) is 0. The van der Waals surface area contributed by atoms with Crippen molar-refractivity contribution in [3.05, 3.63) is 42.2 Å². The maximum absolute atomic E-state index is 9.06. The molecule has 0 radical (unpaired) electrons. The van der Waals surface area contributed by atoms with E-state index in [0.29, 0.717) is 17.9 Å². The monoisotopic (exact) mass is 242 g/mol. The Morgan fingerprint density at radius 3 is 3.00 bits per heavy atom. The molecule has 2 rings (SSSR count). The summed E-state index contributed by atoms with van der Waals surface area (Å²) in [6, 6.07) is 9.42. The Bertz CT molecular complexity index is 543. The molecule has 0 aliphatic rings. The van der Waals surface area contributed by atoms with Gasteiger partial charge in [0.05, 0.1) is 24.9 Å². The van der Waals surface area contributed by atoms with Gasteiger partial charge in [0.1, 0.15) is 11.8 Å². The molecule has 1 aromatic carbocycles. The van der Waals surface area contributed by atoms with Gasteiger partial charge in [0, 0.05) is 18.9 Å². The molecule has 2 aromatic rings. The molecule has 1 N–H and O–H groups in total. The Labute approximate surface area is 106 Å². The van der Waals surface area contributed by atoms with E-state index in [-0.39, 0.29) is 0 Å². The number of nitrogens with zero attached hydrogens (tertiary/aromatic N) is 3. The summed E-state index contributed by atoms with van der Waals surface area (Å²) in [5.74, 6) is 0.675. The maximum Gasteiger partial charge on any atom is 0.143 e. The molecule has 1 heterocycles. The summed E-state index contributed by atoms with van der Waals surface area (Å²) < 4.78 is 7.07. The first-order valence-corrected chi connectivity index (χ1v) is 5.63. The summed E-state index contributed by atoms with van der Waals surface area (Å²) in [5.41, 5.74) is 1.31. The van der Waals surface area contributed by atoms with E-state index >= 15 is 0 Å². The van der Waals surface area contributed by atoms with Crippen LogP contribution >= 0.6 is 0 Å². The highest BCUT2D eigenvalue weighted by Gasteiger charge is 2.07. The molecule has 0 amide bonds. The number of para-hydroxylation sites is 1. The number of nitriles is 1. The molecule has 0 unspecified atom stereocenters. The molecule has 0 aliphatic carbocycles. The normalized spacial score (nSPS) is 9.78. The fourth-order valence-electron chi connectivity index (χ4n) is 1.70. The fraction of sp³-hybridized carbons (Fsp3) is 0.231. The second kappa shape index (κ2) is 5.73. The summed E-state index contributed by atoms with van der Waals surface area (Å²) in [6.07, 6.45) is 3.64. The number of ether oxygens (including phenoxy) is 1. The first kappa shape index (κ1) is 12.0. The molecular weight excluding hydrogens is 228 g/mol. The Morgan fingerprint density at radius 1 is 1.44 bits per heavy atom. The van der Waals surface area contributed by atoms with E-state index in [9.17, 15) is 0 Å². The molecule has 5 heteroatoms. The number of rotatable bonds is 5. The topological polar surface area (TPSA) is 62.9 Å². The van der Waals surface area contributed by atoms with E-state index in [2.05, 4.69) is 16.5 Å². The number of hydrogen-bond donors (Lipinski definition) is 1. The molecule has 0 bridgehead atoms. The van der Waals surface area contributed by atoms with Gasteiger partial charge >= 0.3 is 0 Å². The average Bonchev–Trinajstić information content (AvgIpc) is 2.92. The van der Waals surface area contributed by atoms with Crippen molar-refractivity contribution in [2.75, 3.05) is 19.0 Å². The third kappa shape index (κ3) is 2.61. The number of methoxy groups -OCH3 is 1. The van der Waals surface area contributed by atoms with Gasteiger partial charge in [-0.15, -0.1) is 0 Å². The molecule has 5 nitrogen and oxygen atoms in total. The molecular formula is C13H14N4O. The average molecular weight is 242 g/mol. The number of nitrogens with one attached hydrogen (secondary N) is 1. The number of hydrogen-bond acceptors (Lipinski definition) is 4. The number of aromatic nitrogens is 2. The lowest BCUT2D eigenvalue weighted by atomic mass is 10.2. The summed E-state index contributed by atoms with van der Waals surface area (Å²) in [5, 5.41) is 16.4. The van der Waals surface area contributed by atoms with Crippen molar-refractivity contribution < 1.29 is 4.74 Å². The summed E-state index contributed by atoms with van der Waals surface area (Å²) in [7, 11) is 1.59. The minimum absolute atomic E-state index is 0.579. The van der Waals surface area contributed by atoms with Crippen LogP contribution in [0.1, 0.15) is 5.56 Å². The van der Waals surface area contributed by atoms with E-state index < -0.39 is 0 Å². The van der Waals surface area contributed by atoms with E-state index in [1.54, 1.807) is 25.4 Å². The van der Waals surface area contributed by atoms with Gasteiger partial charge in [-0.25, -0.2) is 0 Å².